The Morgan fingerprint density at radius 1 is 1.52 bits per heavy atom. The van der Waals surface area contributed by atoms with Gasteiger partial charge in [-0.1, -0.05) is 0 Å². The monoisotopic (exact) mass is 317 g/mol. The molecule has 122 valence electrons. The van der Waals surface area contributed by atoms with Gasteiger partial charge in [-0.15, -0.1) is 0 Å². The number of carbonyl (C=O) groups is 1. The van der Waals surface area contributed by atoms with Crippen LogP contribution in [0.1, 0.15) is 25.0 Å². The summed E-state index contributed by atoms with van der Waals surface area (Å²) in [4.78, 5) is 22.0. The van der Waals surface area contributed by atoms with Crippen LogP contribution in [-0.2, 0) is 4.79 Å². The minimum Gasteiger partial charge on any atom is -0.481 e. The van der Waals surface area contributed by atoms with Crippen LogP contribution in [0.3, 0.4) is 0 Å². The fourth-order valence-electron chi connectivity index (χ4n) is 2.97. The molecule has 0 amide bonds. The van der Waals surface area contributed by atoms with Gasteiger partial charge in [0.1, 0.15) is 5.82 Å². The van der Waals surface area contributed by atoms with E-state index in [1.807, 2.05) is 17.9 Å². The molecule has 0 radical (unpaired) electrons. The number of hydrogen-bond donors (Lipinski definition) is 3. The smallest absolute Gasteiger partial charge is 0.303 e. The van der Waals surface area contributed by atoms with E-state index in [9.17, 15) is 4.79 Å². The Hall–Kier alpha value is -2.71. The molecule has 9 nitrogen and oxygen atoms in total. The van der Waals surface area contributed by atoms with Crippen LogP contribution in [0, 0.1) is 5.92 Å². The van der Waals surface area contributed by atoms with E-state index in [0.29, 0.717) is 19.0 Å². The molecule has 0 aliphatic carbocycles. The van der Waals surface area contributed by atoms with Gasteiger partial charge in [-0.25, -0.2) is 4.98 Å². The number of carboxylic acid groups (broad SMARTS) is 1. The largest absolute Gasteiger partial charge is 0.481 e. The van der Waals surface area contributed by atoms with Crippen LogP contribution in [-0.4, -0.2) is 56.1 Å². The lowest BCUT2D eigenvalue weighted by Crippen LogP contribution is -2.23. The first-order chi connectivity index (χ1) is 11.2. The number of aromatic amines is 1. The molecule has 0 saturated carbocycles. The molecule has 0 unspecified atom stereocenters. The van der Waals surface area contributed by atoms with Gasteiger partial charge < -0.3 is 15.3 Å². The summed E-state index contributed by atoms with van der Waals surface area (Å²) in [5.41, 5.74) is 0.779. The van der Waals surface area contributed by atoms with Crippen molar-refractivity contribution in [2.24, 2.45) is 5.92 Å². The molecule has 2 aromatic rings. The Balaban J connectivity index is 1.81. The maximum absolute atomic E-state index is 11.1. The lowest BCUT2D eigenvalue weighted by molar-refractivity contribution is -0.138. The minimum absolute atomic E-state index is 0.00348. The van der Waals surface area contributed by atoms with Crippen molar-refractivity contribution in [2.75, 3.05) is 29.9 Å². The first kappa shape index (κ1) is 15.2. The van der Waals surface area contributed by atoms with Crippen LogP contribution < -0.4 is 10.2 Å². The van der Waals surface area contributed by atoms with Crippen LogP contribution in [0.2, 0.25) is 0 Å². The molecule has 0 aromatic carbocycles. The highest BCUT2D eigenvalue weighted by atomic mass is 16.4. The van der Waals surface area contributed by atoms with Crippen LogP contribution in [0.5, 0.6) is 0 Å². The topological polar surface area (TPSA) is 120 Å². The molecule has 3 N–H and O–H groups in total. The van der Waals surface area contributed by atoms with E-state index >= 15 is 0 Å². The Bertz CT molecular complexity index is 661. The number of nitrogens with one attached hydrogen (secondary N) is 2. The predicted octanol–water partition coefficient (Wildman–Crippen LogP) is 0.721. The molecule has 2 aromatic heterocycles. The van der Waals surface area contributed by atoms with Crippen molar-refractivity contribution in [3.05, 3.63) is 24.2 Å². The van der Waals surface area contributed by atoms with Gasteiger partial charge in [0, 0.05) is 31.7 Å². The number of H-pyrrole nitrogens is 1. The molecule has 1 saturated heterocycles. The van der Waals surface area contributed by atoms with Gasteiger partial charge in [0.05, 0.1) is 18.3 Å². The summed E-state index contributed by atoms with van der Waals surface area (Å²) < 4.78 is 0. The summed E-state index contributed by atoms with van der Waals surface area (Å²) in [5.74, 6) is 0.495. The zero-order valence-corrected chi connectivity index (χ0v) is 12.8. The minimum atomic E-state index is -0.812. The Kier molecular flexibility index (Phi) is 4.35. The normalized spacial score (nSPS) is 20.7. The third-order valence-corrected chi connectivity index (χ3v) is 3.97. The van der Waals surface area contributed by atoms with E-state index in [0.717, 1.165) is 18.1 Å². The Labute approximate surface area is 133 Å². The number of carboxylic acids is 1. The van der Waals surface area contributed by atoms with Crippen molar-refractivity contribution in [3.8, 4) is 0 Å². The molecular formula is C14H19N7O2. The number of aliphatic carboxylic acids is 1. The Morgan fingerprint density at radius 3 is 3.09 bits per heavy atom. The van der Waals surface area contributed by atoms with Gasteiger partial charge >= 0.3 is 5.97 Å². The van der Waals surface area contributed by atoms with Crippen molar-refractivity contribution in [3.63, 3.8) is 0 Å². The van der Waals surface area contributed by atoms with E-state index in [-0.39, 0.29) is 18.3 Å². The molecule has 1 fully saturated rings. The van der Waals surface area contributed by atoms with Gasteiger partial charge in [0.15, 0.2) is 0 Å². The summed E-state index contributed by atoms with van der Waals surface area (Å²) in [6.07, 6.45) is 3.44. The number of nitrogens with zero attached hydrogens (tertiary/aromatic N) is 5. The van der Waals surface area contributed by atoms with Crippen molar-refractivity contribution in [1.29, 1.82) is 0 Å². The lowest BCUT2D eigenvalue weighted by Gasteiger charge is -2.16. The Morgan fingerprint density at radius 2 is 2.39 bits per heavy atom. The molecule has 3 heterocycles. The third kappa shape index (κ3) is 3.38. The van der Waals surface area contributed by atoms with Gasteiger partial charge in [-0.3, -0.25) is 4.79 Å². The number of hydrogen-bond acceptors (Lipinski definition) is 7. The van der Waals surface area contributed by atoms with Gasteiger partial charge in [-0.2, -0.15) is 20.4 Å². The number of rotatable bonds is 6. The molecular weight excluding hydrogens is 298 g/mol. The number of anilines is 2. The van der Waals surface area contributed by atoms with Crippen LogP contribution >= 0.6 is 0 Å². The van der Waals surface area contributed by atoms with Crippen LogP contribution in [0.15, 0.2) is 18.5 Å². The van der Waals surface area contributed by atoms with Crippen molar-refractivity contribution < 1.29 is 9.90 Å². The summed E-state index contributed by atoms with van der Waals surface area (Å²) in [5, 5.41) is 22.9. The van der Waals surface area contributed by atoms with E-state index in [4.69, 9.17) is 5.11 Å². The third-order valence-electron chi connectivity index (χ3n) is 3.97. The fraction of sp³-hybridized carbons (Fsp3) is 0.500. The first-order valence-electron chi connectivity index (χ1n) is 7.56. The maximum atomic E-state index is 11.1. The first-order valence-corrected chi connectivity index (χ1v) is 7.56. The molecule has 0 spiro atoms. The van der Waals surface area contributed by atoms with Crippen LogP contribution in [0.25, 0.3) is 0 Å². The molecule has 9 heteroatoms. The summed E-state index contributed by atoms with van der Waals surface area (Å²) in [6.45, 7) is 3.99. The molecule has 1 aliphatic heterocycles. The van der Waals surface area contributed by atoms with Gasteiger partial charge in [-0.05, 0) is 18.9 Å². The second kappa shape index (κ2) is 6.59. The van der Waals surface area contributed by atoms with E-state index in [1.54, 1.807) is 12.4 Å². The van der Waals surface area contributed by atoms with Crippen molar-refractivity contribution in [1.82, 2.24) is 25.4 Å². The SMILES string of the molecule is CCNc1ccnc(N2C[C@H](CC(=O)O)[C@H](c3cn[nH]n3)C2)n1. The quantitative estimate of drug-likeness (QED) is 0.713. The van der Waals surface area contributed by atoms with Gasteiger partial charge in [0.2, 0.25) is 5.95 Å². The molecule has 3 rings (SSSR count). The van der Waals surface area contributed by atoms with E-state index in [2.05, 4.69) is 30.7 Å². The predicted molar refractivity (Wildman–Crippen MR) is 83.3 cm³/mol. The second-order valence-corrected chi connectivity index (χ2v) is 5.54. The molecule has 1 aliphatic rings. The summed E-state index contributed by atoms with van der Waals surface area (Å²) >= 11 is 0. The maximum Gasteiger partial charge on any atom is 0.303 e. The van der Waals surface area contributed by atoms with Crippen LogP contribution in [0.4, 0.5) is 11.8 Å². The summed E-state index contributed by atoms with van der Waals surface area (Å²) in [6, 6.07) is 1.81. The fourth-order valence-corrected chi connectivity index (χ4v) is 2.97. The second-order valence-electron chi connectivity index (χ2n) is 5.54. The zero-order chi connectivity index (χ0) is 16.2. The standard InChI is InChI=1S/C14H19N7O2/c1-2-15-12-3-4-16-14(18-12)21-7-9(5-13(22)23)10(8-21)11-6-17-20-19-11/h3-4,6,9-10H,2,5,7-8H2,1H3,(H,22,23)(H,15,16,18)(H,17,19,20)/t9-,10+/m0/s1. The average Bonchev–Trinajstić information content (AvgIpc) is 3.16. The molecule has 2 atom stereocenters. The van der Waals surface area contributed by atoms with E-state index < -0.39 is 5.97 Å². The lowest BCUT2D eigenvalue weighted by atomic mass is 9.91. The van der Waals surface area contributed by atoms with Crippen molar-refractivity contribution in [2.45, 2.75) is 19.3 Å². The van der Waals surface area contributed by atoms with Crippen molar-refractivity contribution >= 4 is 17.7 Å². The molecule has 23 heavy (non-hydrogen) atoms. The zero-order valence-electron chi connectivity index (χ0n) is 12.8. The average molecular weight is 317 g/mol. The number of aromatic nitrogens is 5. The highest BCUT2D eigenvalue weighted by Gasteiger charge is 2.37. The summed E-state index contributed by atoms with van der Waals surface area (Å²) in [7, 11) is 0. The van der Waals surface area contributed by atoms with E-state index in [1.165, 1.54) is 0 Å². The highest BCUT2D eigenvalue weighted by Crippen LogP contribution is 2.35. The molecule has 0 bridgehead atoms. The highest BCUT2D eigenvalue weighted by molar-refractivity contribution is 5.67. The van der Waals surface area contributed by atoms with Gasteiger partial charge in [0.25, 0.3) is 0 Å².